The lowest BCUT2D eigenvalue weighted by Crippen LogP contribution is -2.13. The number of ketones is 1. The van der Waals surface area contributed by atoms with Gasteiger partial charge in [-0.25, -0.2) is 0 Å². The first-order valence-electron chi connectivity index (χ1n) is 8.44. The number of carbonyl (C=O) groups is 1. The minimum Gasteiger partial charge on any atom is -0.489 e. The number of ether oxygens (including phenoxy) is 1. The molecule has 0 saturated heterocycles. The number of anilines is 1. The maximum atomic E-state index is 11.9. The normalized spacial score (nSPS) is 16.7. The molecule has 1 aliphatic rings. The molecule has 0 aliphatic heterocycles. The average Bonchev–Trinajstić information content (AvgIpc) is 2.84. The number of hydrogen-bond donors (Lipinski definition) is 1. The molecular weight excluding hydrogens is 300 g/mol. The zero-order valence-corrected chi connectivity index (χ0v) is 13.7. The van der Waals surface area contributed by atoms with Crippen LogP contribution >= 0.6 is 0 Å². The highest BCUT2D eigenvalue weighted by Crippen LogP contribution is 2.18. The fourth-order valence-electron chi connectivity index (χ4n) is 2.66. The number of hydrazone groups is 1. The lowest BCUT2D eigenvalue weighted by atomic mass is 10.1. The van der Waals surface area contributed by atoms with E-state index in [1.54, 1.807) is 0 Å². The third kappa shape index (κ3) is 4.69. The molecule has 0 aromatic heterocycles. The van der Waals surface area contributed by atoms with Crippen LogP contribution in [0, 0.1) is 0 Å². The molecule has 4 heteroatoms. The third-order valence-electron chi connectivity index (χ3n) is 4.06. The molecule has 0 atom stereocenters. The van der Waals surface area contributed by atoms with Crippen molar-refractivity contribution in [2.75, 3.05) is 5.43 Å². The van der Waals surface area contributed by atoms with E-state index >= 15 is 0 Å². The summed E-state index contributed by atoms with van der Waals surface area (Å²) < 4.78 is 5.76. The Labute approximate surface area is 142 Å². The molecule has 1 N–H and O–H groups in total. The lowest BCUT2D eigenvalue weighted by molar-refractivity contribution is -0.113. The first-order chi connectivity index (χ1) is 11.8. The van der Waals surface area contributed by atoms with Crippen LogP contribution in [-0.4, -0.2) is 11.5 Å². The van der Waals surface area contributed by atoms with Crippen molar-refractivity contribution in [3.8, 4) is 5.75 Å². The molecule has 1 aliphatic carbocycles. The number of hydrogen-bond acceptors (Lipinski definition) is 4. The molecule has 24 heavy (non-hydrogen) atoms. The van der Waals surface area contributed by atoms with Crippen LogP contribution in [0.4, 0.5) is 5.69 Å². The largest absolute Gasteiger partial charge is 0.489 e. The van der Waals surface area contributed by atoms with Crippen LogP contribution < -0.4 is 10.2 Å². The van der Waals surface area contributed by atoms with Gasteiger partial charge in [-0.2, -0.15) is 5.10 Å². The molecule has 1 fully saturated rings. The Bertz CT molecular complexity index is 693. The Morgan fingerprint density at radius 3 is 2.46 bits per heavy atom. The second-order valence-corrected chi connectivity index (χ2v) is 5.95. The van der Waals surface area contributed by atoms with Crippen molar-refractivity contribution in [2.45, 2.75) is 38.7 Å². The summed E-state index contributed by atoms with van der Waals surface area (Å²) in [6, 6.07) is 17.7. The van der Waals surface area contributed by atoms with Gasteiger partial charge in [-0.1, -0.05) is 36.8 Å². The van der Waals surface area contributed by atoms with Crippen molar-refractivity contribution in [3.63, 3.8) is 0 Å². The Kier molecular flexibility index (Phi) is 5.61. The van der Waals surface area contributed by atoms with Crippen LogP contribution in [0.2, 0.25) is 0 Å². The summed E-state index contributed by atoms with van der Waals surface area (Å²) in [6.07, 6.45) is 4.51. The van der Waals surface area contributed by atoms with Gasteiger partial charge >= 0.3 is 0 Å². The van der Waals surface area contributed by atoms with Crippen molar-refractivity contribution in [1.29, 1.82) is 0 Å². The van der Waals surface area contributed by atoms with Crippen LogP contribution in [0.15, 0.2) is 59.7 Å². The highest BCUT2D eigenvalue weighted by Gasteiger charge is 2.14. The molecule has 0 radical (unpaired) electrons. The standard InChI is InChI=1S/C20H22N2O2/c23-20-10-6-2-5-9-19(20)22-21-17-11-13-18(14-12-17)24-15-16-7-3-1-4-8-16/h1,3-4,7-8,11-14,21H,2,5-6,9-10,15H2. The summed E-state index contributed by atoms with van der Waals surface area (Å²) in [7, 11) is 0. The van der Waals surface area contributed by atoms with Crippen molar-refractivity contribution in [3.05, 3.63) is 60.2 Å². The minimum absolute atomic E-state index is 0.169. The summed E-state index contributed by atoms with van der Waals surface area (Å²) in [5, 5.41) is 4.29. The van der Waals surface area contributed by atoms with Gasteiger partial charge in [0.2, 0.25) is 0 Å². The predicted octanol–water partition coefficient (Wildman–Crippen LogP) is 4.57. The number of nitrogens with zero attached hydrogens (tertiary/aromatic N) is 1. The number of Topliss-reactive ketones (excluding diaryl/α,β-unsaturated/α-hetero) is 1. The smallest absolute Gasteiger partial charge is 0.178 e. The zero-order valence-electron chi connectivity index (χ0n) is 13.7. The average molecular weight is 322 g/mol. The fraction of sp³-hybridized carbons (Fsp3) is 0.300. The Morgan fingerprint density at radius 1 is 0.917 bits per heavy atom. The molecule has 0 unspecified atom stereocenters. The third-order valence-corrected chi connectivity index (χ3v) is 4.06. The number of rotatable bonds is 5. The molecule has 1 saturated carbocycles. The van der Waals surface area contributed by atoms with Crippen LogP contribution in [0.25, 0.3) is 0 Å². The first kappa shape index (κ1) is 16.2. The molecule has 124 valence electrons. The quantitative estimate of drug-likeness (QED) is 0.648. The Balaban J connectivity index is 1.55. The van der Waals surface area contributed by atoms with Crippen molar-refractivity contribution < 1.29 is 9.53 Å². The summed E-state index contributed by atoms with van der Waals surface area (Å²) in [5.74, 6) is 0.977. The number of benzene rings is 2. The number of nitrogens with one attached hydrogen (secondary N) is 1. The maximum absolute atomic E-state index is 11.9. The SMILES string of the molecule is O=C1CCCCCC1=NNc1ccc(OCc2ccccc2)cc1. The maximum Gasteiger partial charge on any atom is 0.178 e. The molecule has 3 rings (SSSR count). The van der Waals surface area contributed by atoms with Crippen LogP contribution in [0.1, 0.15) is 37.7 Å². The van der Waals surface area contributed by atoms with Gasteiger partial charge in [0.15, 0.2) is 5.78 Å². The van der Waals surface area contributed by atoms with E-state index in [0.29, 0.717) is 18.7 Å². The minimum atomic E-state index is 0.169. The van der Waals surface area contributed by atoms with Gasteiger partial charge in [-0.15, -0.1) is 0 Å². The summed E-state index contributed by atoms with van der Waals surface area (Å²) >= 11 is 0. The summed E-state index contributed by atoms with van der Waals surface area (Å²) in [4.78, 5) is 11.9. The molecule has 2 aromatic carbocycles. The summed E-state index contributed by atoms with van der Waals surface area (Å²) in [6.45, 7) is 0.546. The number of carbonyl (C=O) groups excluding carboxylic acids is 1. The van der Waals surface area contributed by atoms with Gasteiger partial charge in [0, 0.05) is 6.42 Å². The molecule has 0 bridgehead atoms. The summed E-state index contributed by atoms with van der Waals surface area (Å²) in [5.41, 5.74) is 5.64. The van der Waals surface area contributed by atoms with Crippen LogP contribution in [0.5, 0.6) is 5.75 Å². The predicted molar refractivity (Wildman–Crippen MR) is 96.4 cm³/mol. The van der Waals surface area contributed by atoms with Gasteiger partial charge in [0.1, 0.15) is 18.1 Å². The van der Waals surface area contributed by atoms with Gasteiger partial charge in [-0.05, 0) is 49.1 Å². The second-order valence-electron chi connectivity index (χ2n) is 5.95. The van der Waals surface area contributed by atoms with Crippen molar-refractivity contribution in [2.24, 2.45) is 5.10 Å². The molecule has 4 nitrogen and oxygen atoms in total. The monoisotopic (exact) mass is 322 g/mol. The van der Waals surface area contributed by atoms with E-state index in [9.17, 15) is 4.79 Å². The second kappa shape index (κ2) is 8.29. The lowest BCUT2D eigenvalue weighted by Gasteiger charge is -2.08. The van der Waals surface area contributed by atoms with Crippen molar-refractivity contribution >= 4 is 17.2 Å². The van der Waals surface area contributed by atoms with E-state index < -0.39 is 0 Å². The van der Waals surface area contributed by atoms with E-state index in [2.05, 4.69) is 10.5 Å². The molecule has 0 heterocycles. The van der Waals surface area contributed by atoms with E-state index in [4.69, 9.17) is 4.74 Å². The molecule has 2 aromatic rings. The van der Waals surface area contributed by atoms with Gasteiger partial charge < -0.3 is 4.74 Å². The van der Waals surface area contributed by atoms with Gasteiger partial charge in [0.25, 0.3) is 0 Å². The van der Waals surface area contributed by atoms with Crippen molar-refractivity contribution in [1.82, 2.24) is 0 Å². The molecule has 0 spiro atoms. The van der Waals surface area contributed by atoms with Gasteiger partial charge in [-0.3, -0.25) is 10.2 Å². The van der Waals surface area contributed by atoms with Crippen LogP contribution in [0.3, 0.4) is 0 Å². The van der Waals surface area contributed by atoms with E-state index in [1.807, 2.05) is 54.6 Å². The Hall–Kier alpha value is -2.62. The topological polar surface area (TPSA) is 50.7 Å². The first-order valence-corrected chi connectivity index (χ1v) is 8.44. The molecule has 0 amide bonds. The van der Waals surface area contributed by atoms with E-state index in [0.717, 1.165) is 42.7 Å². The van der Waals surface area contributed by atoms with Crippen LogP contribution in [-0.2, 0) is 11.4 Å². The van der Waals surface area contributed by atoms with Gasteiger partial charge in [0.05, 0.1) is 5.69 Å². The molecular formula is C20H22N2O2. The van der Waals surface area contributed by atoms with E-state index in [-0.39, 0.29) is 5.78 Å². The van der Waals surface area contributed by atoms with E-state index in [1.165, 1.54) is 0 Å². The highest BCUT2D eigenvalue weighted by atomic mass is 16.5. The highest BCUT2D eigenvalue weighted by molar-refractivity contribution is 6.40. The fourth-order valence-corrected chi connectivity index (χ4v) is 2.66. The Morgan fingerprint density at radius 2 is 1.67 bits per heavy atom. The zero-order chi connectivity index (χ0) is 16.6.